The van der Waals surface area contributed by atoms with Gasteiger partial charge in [0.15, 0.2) is 11.4 Å². The average molecular weight is 399 g/mol. The van der Waals surface area contributed by atoms with E-state index in [1.807, 2.05) is 13.8 Å². The van der Waals surface area contributed by atoms with Gasteiger partial charge in [0.05, 0.1) is 17.9 Å². The van der Waals surface area contributed by atoms with Gasteiger partial charge in [0.1, 0.15) is 11.3 Å². The van der Waals surface area contributed by atoms with E-state index in [-0.39, 0.29) is 28.7 Å². The molecule has 0 saturated heterocycles. The van der Waals surface area contributed by atoms with Crippen molar-refractivity contribution < 1.29 is 9.94 Å². The number of amidine groups is 1. The fraction of sp³-hybridized carbons (Fsp3) is 0.421. The molecule has 10 heteroatoms. The Bertz CT molecular complexity index is 1110. The Morgan fingerprint density at radius 1 is 1.41 bits per heavy atom. The summed E-state index contributed by atoms with van der Waals surface area (Å²) in [7, 11) is 1.80. The van der Waals surface area contributed by atoms with E-state index in [1.54, 1.807) is 17.8 Å². The summed E-state index contributed by atoms with van der Waals surface area (Å²) in [5, 5.41) is 16.3. The summed E-state index contributed by atoms with van der Waals surface area (Å²) >= 11 is 0. The van der Waals surface area contributed by atoms with E-state index in [0.717, 1.165) is 18.5 Å². The van der Waals surface area contributed by atoms with Crippen LogP contribution in [0.1, 0.15) is 38.4 Å². The number of oxime groups is 1. The first kappa shape index (κ1) is 20.3. The van der Waals surface area contributed by atoms with Crippen molar-refractivity contribution in [2.24, 2.45) is 23.9 Å². The molecular weight excluding hydrogens is 374 g/mol. The summed E-state index contributed by atoms with van der Waals surface area (Å²) in [6, 6.07) is 1.62. The Morgan fingerprint density at radius 3 is 2.83 bits per heavy atom. The molecule has 0 atom stereocenters. The van der Waals surface area contributed by atoms with Crippen molar-refractivity contribution in [1.82, 2.24) is 24.7 Å². The Balaban J connectivity index is 2.23. The van der Waals surface area contributed by atoms with E-state index < -0.39 is 0 Å². The van der Waals surface area contributed by atoms with Crippen molar-refractivity contribution in [3.8, 4) is 17.3 Å². The summed E-state index contributed by atoms with van der Waals surface area (Å²) < 4.78 is 7.50. The van der Waals surface area contributed by atoms with Gasteiger partial charge in [-0.25, -0.2) is 9.97 Å². The maximum atomic E-state index is 12.7. The molecule has 0 spiro atoms. The van der Waals surface area contributed by atoms with Crippen LogP contribution in [-0.4, -0.2) is 42.4 Å². The largest absolute Gasteiger partial charge is 0.477 e. The van der Waals surface area contributed by atoms with E-state index in [0.29, 0.717) is 29.1 Å². The number of aromatic nitrogens is 5. The van der Waals surface area contributed by atoms with Crippen molar-refractivity contribution in [2.45, 2.75) is 33.6 Å². The lowest BCUT2D eigenvalue weighted by Gasteiger charge is -2.13. The molecule has 0 unspecified atom stereocenters. The zero-order valence-corrected chi connectivity index (χ0v) is 16.9. The molecule has 0 aliphatic rings. The first-order valence-electron chi connectivity index (χ1n) is 9.42. The van der Waals surface area contributed by atoms with Crippen LogP contribution in [0.25, 0.3) is 22.4 Å². The van der Waals surface area contributed by atoms with Gasteiger partial charge in [0.2, 0.25) is 5.88 Å². The summed E-state index contributed by atoms with van der Waals surface area (Å²) in [6.45, 7) is 6.52. The Morgan fingerprint density at radius 2 is 2.17 bits per heavy atom. The van der Waals surface area contributed by atoms with Gasteiger partial charge in [0.25, 0.3) is 5.56 Å². The van der Waals surface area contributed by atoms with E-state index in [2.05, 4.69) is 32.1 Å². The lowest BCUT2D eigenvalue weighted by atomic mass is 10.1. The fourth-order valence-electron chi connectivity index (χ4n) is 2.95. The first-order valence-corrected chi connectivity index (χ1v) is 9.42. The highest BCUT2D eigenvalue weighted by Crippen LogP contribution is 2.28. The number of nitrogens with two attached hydrogens (primary N) is 1. The molecule has 0 aliphatic carbocycles. The number of aryl methyl sites for hydroxylation is 2. The second-order valence-corrected chi connectivity index (χ2v) is 7.20. The Kier molecular flexibility index (Phi) is 5.81. The second kappa shape index (κ2) is 8.29. The number of ether oxygens (including phenoxy) is 1. The lowest BCUT2D eigenvalue weighted by Crippen LogP contribution is -2.16. The summed E-state index contributed by atoms with van der Waals surface area (Å²) in [5.41, 5.74) is 7.88. The number of hydrogen-bond acceptors (Lipinski definition) is 7. The number of rotatable bonds is 7. The van der Waals surface area contributed by atoms with Crippen LogP contribution < -0.4 is 16.0 Å². The number of hydrogen-bond donors (Lipinski definition) is 3. The summed E-state index contributed by atoms with van der Waals surface area (Å²) in [4.78, 5) is 24.4. The maximum Gasteiger partial charge on any atom is 0.279 e. The third kappa shape index (κ3) is 4.05. The molecule has 0 radical (unpaired) electrons. The summed E-state index contributed by atoms with van der Waals surface area (Å²) in [6.07, 6.45) is 3.07. The predicted octanol–water partition coefficient (Wildman–Crippen LogP) is 1.80. The van der Waals surface area contributed by atoms with E-state index in [9.17, 15) is 4.79 Å². The molecule has 0 saturated carbocycles. The van der Waals surface area contributed by atoms with Gasteiger partial charge >= 0.3 is 0 Å². The monoisotopic (exact) mass is 399 g/mol. The Labute approximate surface area is 167 Å². The van der Waals surface area contributed by atoms with Gasteiger partial charge < -0.3 is 20.7 Å². The predicted molar refractivity (Wildman–Crippen MR) is 109 cm³/mol. The van der Waals surface area contributed by atoms with E-state index >= 15 is 0 Å². The number of pyridine rings is 1. The molecule has 0 aliphatic heterocycles. The van der Waals surface area contributed by atoms with Crippen LogP contribution in [0.2, 0.25) is 0 Å². The Hall–Kier alpha value is -3.43. The highest BCUT2D eigenvalue weighted by Gasteiger charge is 2.19. The molecule has 3 rings (SSSR count). The SMILES string of the molecule is CCCc1c2nc(-c3cc(/C(N)=N\O)cnc3OCC(C)C)[nH]c(=O)c2nn1C. The number of fused-ring (bicyclic) bond motifs is 1. The minimum absolute atomic E-state index is 0.106. The zero-order chi connectivity index (χ0) is 21.1. The van der Waals surface area contributed by atoms with Crippen LogP contribution >= 0.6 is 0 Å². The van der Waals surface area contributed by atoms with Crippen molar-refractivity contribution >= 4 is 16.9 Å². The van der Waals surface area contributed by atoms with Crippen LogP contribution in [-0.2, 0) is 13.5 Å². The highest BCUT2D eigenvalue weighted by atomic mass is 16.5. The van der Waals surface area contributed by atoms with E-state index in [1.165, 1.54) is 6.20 Å². The number of aromatic amines is 1. The third-order valence-corrected chi connectivity index (χ3v) is 4.36. The van der Waals surface area contributed by atoms with Gasteiger partial charge in [-0.05, 0) is 18.4 Å². The van der Waals surface area contributed by atoms with Gasteiger partial charge in [-0.2, -0.15) is 5.10 Å². The standard InChI is InChI=1S/C19H25N7O3/c1-5-6-13-14-15(24-26(13)4)18(27)23-17(22-14)12-7-11(16(20)25-28)8-21-19(12)29-9-10(2)3/h7-8,10,28H,5-6,9H2,1-4H3,(H2,20,25)(H,22,23,27). The minimum Gasteiger partial charge on any atom is -0.477 e. The number of nitrogens with one attached hydrogen (secondary N) is 1. The summed E-state index contributed by atoms with van der Waals surface area (Å²) in [5.74, 6) is 0.756. The molecule has 0 amide bonds. The minimum atomic E-state index is -0.355. The molecule has 29 heavy (non-hydrogen) atoms. The van der Waals surface area contributed by atoms with Crippen molar-refractivity contribution in [3.05, 3.63) is 33.9 Å². The normalized spacial score (nSPS) is 12.1. The first-order chi connectivity index (χ1) is 13.8. The fourth-order valence-corrected chi connectivity index (χ4v) is 2.95. The highest BCUT2D eigenvalue weighted by molar-refractivity contribution is 5.98. The van der Waals surface area contributed by atoms with Crippen LogP contribution in [0.15, 0.2) is 22.2 Å². The average Bonchev–Trinajstić information content (AvgIpc) is 3.02. The maximum absolute atomic E-state index is 12.7. The van der Waals surface area contributed by atoms with E-state index in [4.69, 9.17) is 15.7 Å². The van der Waals surface area contributed by atoms with Crippen molar-refractivity contribution in [1.29, 1.82) is 0 Å². The molecule has 0 bridgehead atoms. The molecule has 0 aromatic carbocycles. The molecule has 3 heterocycles. The van der Waals surface area contributed by atoms with Crippen molar-refractivity contribution in [2.75, 3.05) is 6.61 Å². The van der Waals surface area contributed by atoms with Gasteiger partial charge in [0, 0.05) is 18.8 Å². The second-order valence-electron chi connectivity index (χ2n) is 7.20. The number of nitrogens with zero attached hydrogens (tertiary/aromatic N) is 5. The van der Waals surface area contributed by atoms with Gasteiger partial charge in [-0.15, -0.1) is 0 Å². The number of H-pyrrole nitrogens is 1. The molecule has 4 N–H and O–H groups in total. The van der Waals surface area contributed by atoms with Crippen LogP contribution in [0, 0.1) is 5.92 Å². The van der Waals surface area contributed by atoms with Gasteiger partial charge in [-0.3, -0.25) is 9.48 Å². The molecule has 10 nitrogen and oxygen atoms in total. The quantitative estimate of drug-likeness (QED) is 0.238. The molecule has 0 fully saturated rings. The van der Waals surface area contributed by atoms with Crippen molar-refractivity contribution in [3.63, 3.8) is 0 Å². The van der Waals surface area contributed by atoms with Crippen LogP contribution in [0.3, 0.4) is 0 Å². The molecular formula is C19H25N7O3. The smallest absolute Gasteiger partial charge is 0.279 e. The van der Waals surface area contributed by atoms with Crippen LogP contribution in [0.4, 0.5) is 0 Å². The van der Waals surface area contributed by atoms with Gasteiger partial charge in [-0.1, -0.05) is 32.3 Å². The molecule has 154 valence electrons. The third-order valence-electron chi connectivity index (χ3n) is 4.36. The zero-order valence-electron chi connectivity index (χ0n) is 16.9. The topological polar surface area (TPSA) is 144 Å². The molecule has 3 aromatic rings. The lowest BCUT2D eigenvalue weighted by molar-refractivity contribution is 0.262. The molecule has 3 aromatic heterocycles. The van der Waals surface area contributed by atoms with Crippen LogP contribution in [0.5, 0.6) is 5.88 Å².